The number of hydrogen-bond acceptors (Lipinski definition) is 4. The molecule has 18 heavy (non-hydrogen) atoms. The van der Waals surface area contributed by atoms with E-state index >= 15 is 0 Å². The highest BCUT2D eigenvalue weighted by atomic mass is 16.5. The van der Waals surface area contributed by atoms with Crippen LogP contribution in [0.5, 0.6) is 0 Å². The number of nitrogens with zero attached hydrogens (tertiary/aromatic N) is 2. The van der Waals surface area contributed by atoms with E-state index in [0.29, 0.717) is 6.61 Å². The topological polar surface area (TPSA) is 67.2 Å². The number of fused-ring (bicyclic) bond motifs is 1. The summed E-state index contributed by atoms with van der Waals surface area (Å²) in [6.07, 6.45) is 1.05. The van der Waals surface area contributed by atoms with Crippen LogP contribution in [0, 0.1) is 0 Å². The molecule has 0 aliphatic carbocycles. The maximum atomic E-state index is 5.99. The molecule has 1 aliphatic heterocycles. The predicted octanol–water partition coefficient (Wildman–Crippen LogP) is 1.25. The number of benzene rings is 1. The molecule has 1 aromatic heterocycles. The van der Waals surface area contributed by atoms with Crippen LogP contribution in [0.2, 0.25) is 0 Å². The highest BCUT2D eigenvalue weighted by Gasteiger charge is 2.22. The zero-order chi connectivity index (χ0) is 12.5. The minimum Gasteiger partial charge on any atom is -0.378 e. The van der Waals surface area contributed by atoms with E-state index in [2.05, 4.69) is 21.2 Å². The van der Waals surface area contributed by atoms with Crippen LogP contribution in [0.3, 0.4) is 0 Å². The van der Waals surface area contributed by atoms with Gasteiger partial charge < -0.3 is 15.4 Å². The van der Waals surface area contributed by atoms with Gasteiger partial charge in [0.1, 0.15) is 0 Å². The average Bonchev–Trinajstić information content (AvgIpc) is 2.97. The fraction of sp³-hybridized carbons (Fsp3) is 0.462. The number of nitrogens with one attached hydrogen (secondary N) is 1. The summed E-state index contributed by atoms with van der Waals surface area (Å²) in [5.41, 5.74) is 9.22. The summed E-state index contributed by atoms with van der Waals surface area (Å²) in [4.78, 5) is 2.34. The summed E-state index contributed by atoms with van der Waals surface area (Å²) in [7, 11) is 1.70. The molecular weight excluding hydrogens is 228 g/mol. The van der Waals surface area contributed by atoms with E-state index in [1.54, 1.807) is 7.11 Å². The Morgan fingerprint density at radius 3 is 3.17 bits per heavy atom. The Bertz CT molecular complexity index is 551. The van der Waals surface area contributed by atoms with Crippen molar-refractivity contribution in [2.45, 2.75) is 19.1 Å². The Hall–Kier alpha value is -1.59. The van der Waals surface area contributed by atoms with Crippen LogP contribution in [-0.4, -0.2) is 36.4 Å². The number of ether oxygens (including phenoxy) is 1. The maximum absolute atomic E-state index is 5.99. The Morgan fingerprint density at radius 2 is 2.44 bits per heavy atom. The Morgan fingerprint density at radius 1 is 1.56 bits per heavy atom. The molecule has 2 aromatic rings. The summed E-state index contributed by atoms with van der Waals surface area (Å²) in [6, 6.07) is 6.47. The van der Waals surface area contributed by atoms with E-state index in [1.807, 2.05) is 12.1 Å². The molecule has 0 radical (unpaired) electrons. The van der Waals surface area contributed by atoms with Gasteiger partial charge >= 0.3 is 0 Å². The molecule has 1 unspecified atom stereocenters. The first-order valence-electron chi connectivity index (χ1n) is 6.25. The van der Waals surface area contributed by atoms with Gasteiger partial charge in [-0.05, 0) is 18.6 Å². The molecule has 1 aliphatic rings. The molecule has 0 amide bonds. The molecule has 1 atom stereocenters. The van der Waals surface area contributed by atoms with Gasteiger partial charge in [0.2, 0.25) is 0 Å². The van der Waals surface area contributed by atoms with Crippen LogP contribution < -0.4 is 10.6 Å². The largest absolute Gasteiger partial charge is 0.378 e. The molecule has 0 spiro atoms. The van der Waals surface area contributed by atoms with Gasteiger partial charge in [-0.25, -0.2) is 0 Å². The van der Waals surface area contributed by atoms with Crippen LogP contribution in [0.4, 0.5) is 5.69 Å². The van der Waals surface area contributed by atoms with Gasteiger partial charge in [-0.1, -0.05) is 6.07 Å². The Balaban J connectivity index is 2.07. The van der Waals surface area contributed by atoms with Gasteiger partial charge in [0.25, 0.3) is 0 Å². The zero-order valence-electron chi connectivity index (χ0n) is 10.5. The van der Waals surface area contributed by atoms with Gasteiger partial charge in [0.15, 0.2) is 0 Å². The van der Waals surface area contributed by atoms with E-state index in [-0.39, 0.29) is 6.04 Å². The zero-order valence-corrected chi connectivity index (χ0v) is 10.5. The average molecular weight is 246 g/mol. The third-order valence-electron chi connectivity index (χ3n) is 3.49. The second-order valence-electron chi connectivity index (χ2n) is 4.80. The van der Waals surface area contributed by atoms with Crippen molar-refractivity contribution in [3.05, 3.63) is 23.9 Å². The smallest absolute Gasteiger partial charge is 0.0945 e. The number of rotatable bonds is 3. The molecule has 96 valence electrons. The third kappa shape index (κ3) is 1.85. The lowest BCUT2D eigenvalue weighted by molar-refractivity contribution is 0.182. The maximum Gasteiger partial charge on any atom is 0.0945 e. The van der Waals surface area contributed by atoms with Crippen molar-refractivity contribution in [2.24, 2.45) is 5.73 Å². The van der Waals surface area contributed by atoms with Crippen LogP contribution in [0.1, 0.15) is 12.1 Å². The Labute approximate surface area is 106 Å². The highest BCUT2D eigenvalue weighted by molar-refractivity contribution is 5.94. The first kappa shape index (κ1) is 11.5. The highest BCUT2D eigenvalue weighted by Crippen LogP contribution is 2.30. The van der Waals surface area contributed by atoms with Gasteiger partial charge in [-0.3, -0.25) is 5.10 Å². The lowest BCUT2D eigenvalue weighted by Crippen LogP contribution is -2.26. The van der Waals surface area contributed by atoms with Crippen molar-refractivity contribution in [2.75, 3.05) is 25.1 Å². The number of aromatic amines is 1. The van der Waals surface area contributed by atoms with Gasteiger partial charge in [-0.15, -0.1) is 0 Å². The first-order chi connectivity index (χ1) is 8.79. The predicted molar refractivity (Wildman–Crippen MR) is 71.6 cm³/mol. The lowest BCUT2D eigenvalue weighted by Gasteiger charge is -2.19. The third-order valence-corrected chi connectivity index (χ3v) is 3.49. The summed E-state index contributed by atoms with van der Waals surface area (Å²) in [5, 5.41) is 8.54. The van der Waals surface area contributed by atoms with Crippen LogP contribution >= 0.6 is 0 Å². The van der Waals surface area contributed by atoms with Crippen molar-refractivity contribution in [1.29, 1.82) is 0 Å². The quantitative estimate of drug-likeness (QED) is 0.855. The lowest BCUT2D eigenvalue weighted by atomic mass is 10.1. The molecule has 0 saturated carbocycles. The van der Waals surface area contributed by atoms with Crippen LogP contribution in [0.15, 0.2) is 18.2 Å². The standard InChI is InChI=1S/C13H18N4O/c1-18-8-11-13-10(15-16-11)3-2-4-12(13)17-6-5-9(14)7-17/h2-4,9H,5-8,14H2,1H3,(H,15,16). The summed E-state index contributed by atoms with van der Waals surface area (Å²) < 4.78 is 5.22. The number of hydrogen-bond donors (Lipinski definition) is 2. The van der Waals surface area contributed by atoms with Crippen LogP contribution in [0.25, 0.3) is 10.9 Å². The van der Waals surface area contributed by atoms with E-state index in [0.717, 1.165) is 36.1 Å². The number of anilines is 1. The van der Waals surface area contributed by atoms with Crippen molar-refractivity contribution >= 4 is 16.6 Å². The molecule has 5 heteroatoms. The minimum atomic E-state index is 0.276. The van der Waals surface area contributed by atoms with E-state index in [9.17, 15) is 0 Å². The summed E-state index contributed by atoms with van der Waals surface area (Å²) in [6.45, 7) is 2.47. The van der Waals surface area contributed by atoms with E-state index < -0.39 is 0 Å². The molecule has 1 fully saturated rings. The number of H-pyrrole nitrogens is 1. The summed E-state index contributed by atoms with van der Waals surface area (Å²) in [5.74, 6) is 0. The molecule has 3 N–H and O–H groups in total. The van der Waals surface area contributed by atoms with Crippen molar-refractivity contribution in [3.8, 4) is 0 Å². The molecule has 0 bridgehead atoms. The molecular formula is C13H18N4O. The monoisotopic (exact) mass is 246 g/mol. The van der Waals surface area contributed by atoms with Gasteiger partial charge in [0.05, 0.1) is 17.8 Å². The van der Waals surface area contributed by atoms with Crippen LogP contribution in [-0.2, 0) is 11.3 Å². The summed E-state index contributed by atoms with van der Waals surface area (Å²) >= 11 is 0. The number of nitrogens with two attached hydrogens (primary N) is 1. The van der Waals surface area contributed by atoms with Gasteiger partial charge in [-0.2, -0.15) is 5.10 Å². The minimum absolute atomic E-state index is 0.276. The van der Waals surface area contributed by atoms with Crippen molar-refractivity contribution < 1.29 is 4.74 Å². The normalized spacial score (nSPS) is 19.9. The van der Waals surface area contributed by atoms with E-state index in [1.165, 1.54) is 5.69 Å². The fourth-order valence-electron chi connectivity index (χ4n) is 2.63. The van der Waals surface area contributed by atoms with Crippen molar-refractivity contribution in [1.82, 2.24) is 10.2 Å². The molecule has 3 rings (SSSR count). The Kier molecular flexibility index (Phi) is 2.93. The molecule has 1 aromatic carbocycles. The molecule has 5 nitrogen and oxygen atoms in total. The SMILES string of the molecule is COCc1[nH]nc2cccc(N3CCC(N)C3)c12. The molecule has 2 heterocycles. The van der Waals surface area contributed by atoms with Crippen molar-refractivity contribution in [3.63, 3.8) is 0 Å². The fourth-order valence-corrected chi connectivity index (χ4v) is 2.63. The van der Waals surface area contributed by atoms with E-state index in [4.69, 9.17) is 10.5 Å². The second-order valence-corrected chi connectivity index (χ2v) is 4.80. The first-order valence-corrected chi connectivity index (χ1v) is 6.25. The molecule has 1 saturated heterocycles. The second kappa shape index (κ2) is 4.59. The van der Waals surface area contributed by atoms with Gasteiger partial charge in [0, 0.05) is 37.3 Å². The number of methoxy groups -OCH3 is 1. The number of aromatic nitrogens is 2.